The molecule has 0 saturated heterocycles. The average molecular weight is 305 g/mol. The molecule has 1 unspecified atom stereocenters. The Morgan fingerprint density at radius 2 is 1.73 bits per heavy atom. The smallest absolute Gasteiger partial charge is 0.130 e. The maximum absolute atomic E-state index is 13.8. The van der Waals surface area contributed by atoms with E-state index < -0.39 is 17.7 Å². The fraction of sp³-hybridized carbons (Fsp3) is 0.333. The zero-order valence-corrected chi connectivity index (χ0v) is 12.8. The van der Waals surface area contributed by atoms with Gasteiger partial charge in [-0.15, -0.1) is 0 Å². The minimum Gasteiger partial charge on any atom is -0.387 e. The SMILES string of the molecule is CC(C)N(Cc1ccc(F)cc1F)CC(O)c1ccccc1. The fourth-order valence-electron chi connectivity index (χ4n) is 2.33. The van der Waals surface area contributed by atoms with E-state index in [1.807, 2.05) is 49.1 Å². The summed E-state index contributed by atoms with van der Waals surface area (Å²) in [6.07, 6.45) is -0.646. The van der Waals surface area contributed by atoms with E-state index in [0.29, 0.717) is 18.7 Å². The second-order valence-corrected chi connectivity index (χ2v) is 5.69. The molecule has 0 saturated carbocycles. The molecule has 0 amide bonds. The number of hydrogen-bond acceptors (Lipinski definition) is 2. The minimum absolute atomic E-state index is 0.128. The van der Waals surface area contributed by atoms with Gasteiger partial charge >= 0.3 is 0 Å². The number of benzene rings is 2. The number of aliphatic hydroxyl groups is 1. The summed E-state index contributed by atoms with van der Waals surface area (Å²) < 4.78 is 26.8. The monoisotopic (exact) mass is 305 g/mol. The van der Waals surface area contributed by atoms with Crippen LogP contribution in [0.2, 0.25) is 0 Å². The van der Waals surface area contributed by atoms with Crippen molar-refractivity contribution in [3.05, 3.63) is 71.3 Å². The van der Waals surface area contributed by atoms with Crippen LogP contribution in [0.25, 0.3) is 0 Å². The highest BCUT2D eigenvalue weighted by atomic mass is 19.1. The van der Waals surface area contributed by atoms with Gasteiger partial charge in [-0.3, -0.25) is 4.90 Å². The predicted molar refractivity (Wildman–Crippen MR) is 83.3 cm³/mol. The maximum Gasteiger partial charge on any atom is 0.130 e. The normalized spacial score (nSPS) is 12.9. The summed E-state index contributed by atoms with van der Waals surface area (Å²) in [5, 5.41) is 10.3. The highest BCUT2D eigenvalue weighted by Gasteiger charge is 2.18. The summed E-state index contributed by atoms with van der Waals surface area (Å²) in [5.41, 5.74) is 1.25. The molecule has 0 heterocycles. The highest BCUT2D eigenvalue weighted by molar-refractivity contribution is 5.20. The van der Waals surface area contributed by atoms with Crippen molar-refractivity contribution in [3.8, 4) is 0 Å². The molecule has 22 heavy (non-hydrogen) atoms. The van der Waals surface area contributed by atoms with E-state index in [0.717, 1.165) is 11.6 Å². The van der Waals surface area contributed by atoms with Crippen molar-refractivity contribution < 1.29 is 13.9 Å². The summed E-state index contributed by atoms with van der Waals surface area (Å²) in [7, 11) is 0. The van der Waals surface area contributed by atoms with Gasteiger partial charge in [0, 0.05) is 30.8 Å². The zero-order valence-electron chi connectivity index (χ0n) is 12.8. The number of aliphatic hydroxyl groups excluding tert-OH is 1. The van der Waals surface area contributed by atoms with Crippen LogP contribution in [0.15, 0.2) is 48.5 Å². The van der Waals surface area contributed by atoms with Gasteiger partial charge in [-0.05, 0) is 25.5 Å². The Labute approximate surface area is 130 Å². The largest absolute Gasteiger partial charge is 0.387 e. The average Bonchev–Trinajstić information content (AvgIpc) is 2.49. The van der Waals surface area contributed by atoms with Gasteiger partial charge in [0.1, 0.15) is 11.6 Å². The van der Waals surface area contributed by atoms with E-state index >= 15 is 0 Å². The third kappa shape index (κ3) is 4.36. The molecule has 118 valence electrons. The van der Waals surface area contributed by atoms with Gasteiger partial charge in [-0.1, -0.05) is 36.4 Å². The molecular formula is C18H21F2NO. The molecule has 1 N–H and O–H groups in total. The maximum atomic E-state index is 13.8. The summed E-state index contributed by atoms with van der Waals surface area (Å²) in [6, 6.07) is 13.1. The van der Waals surface area contributed by atoms with Gasteiger partial charge < -0.3 is 5.11 Å². The van der Waals surface area contributed by atoms with Crippen molar-refractivity contribution in [2.45, 2.75) is 32.5 Å². The molecule has 0 bridgehead atoms. The molecule has 2 aromatic carbocycles. The van der Waals surface area contributed by atoms with E-state index in [1.54, 1.807) is 0 Å². The number of halogens is 2. The summed E-state index contributed by atoms with van der Waals surface area (Å²) in [4.78, 5) is 1.97. The quantitative estimate of drug-likeness (QED) is 0.874. The van der Waals surface area contributed by atoms with Crippen LogP contribution in [0.5, 0.6) is 0 Å². The number of nitrogens with zero attached hydrogens (tertiary/aromatic N) is 1. The molecular weight excluding hydrogens is 284 g/mol. The van der Waals surface area contributed by atoms with E-state index in [1.165, 1.54) is 12.1 Å². The lowest BCUT2D eigenvalue weighted by Gasteiger charge is -2.29. The molecule has 4 heteroatoms. The van der Waals surface area contributed by atoms with E-state index in [4.69, 9.17) is 0 Å². The first-order valence-electron chi connectivity index (χ1n) is 7.38. The minimum atomic E-state index is -0.646. The lowest BCUT2D eigenvalue weighted by Crippen LogP contribution is -2.34. The van der Waals surface area contributed by atoms with Crippen molar-refractivity contribution in [3.63, 3.8) is 0 Å². The summed E-state index contributed by atoms with van der Waals surface area (Å²) in [6.45, 7) is 4.68. The first-order chi connectivity index (χ1) is 10.5. The topological polar surface area (TPSA) is 23.5 Å². The van der Waals surface area contributed by atoms with Gasteiger partial charge in [0.2, 0.25) is 0 Å². The zero-order chi connectivity index (χ0) is 16.1. The van der Waals surface area contributed by atoms with Gasteiger partial charge in [-0.2, -0.15) is 0 Å². The first-order valence-corrected chi connectivity index (χ1v) is 7.38. The van der Waals surface area contributed by atoms with Crippen molar-refractivity contribution in [1.82, 2.24) is 4.90 Å². The summed E-state index contributed by atoms with van der Waals surface area (Å²) >= 11 is 0. The molecule has 2 nitrogen and oxygen atoms in total. The van der Waals surface area contributed by atoms with E-state index in [-0.39, 0.29) is 6.04 Å². The number of rotatable bonds is 6. The van der Waals surface area contributed by atoms with E-state index in [9.17, 15) is 13.9 Å². The molecule has 0 aliphatic carbocycles. The van der Waals surface area contributed by atoms with Crippen LogP contribution in [-0.4, -0.2) is 22.6 Å². The third-order valence-electron chi connectivity index (χ3n) is 3.71. The van der Waals surface area contributed by atoms with Crippen LogP contribution < -0.4 is 0 Å². The molecule has 2 rings (SSSR count). The Morgan fingerprint density at radius 3 is 2.32 bits per heavy atom. The van der Waals surface area contributed by atoms with Gasteiger partial charge in [0.05, 0.1) is 6.10 Å². The van der Waals surface area contributed by atoms with Crippen LogP contribution in [-0.2, 0) is 6.54 Å². The van der Waals surface area contributed by atoms with Crippen molar-refractivity contribution in [2.75, 3.05) is 6.54 Å². The fourth-order valence-corrected chi connectivity index (χ4v) is 2.33. The van der Waals surface area contributed by atoms with Crippen LogP contribution >= 0.6 is 0 Å². The molecule has 0 fully saturated rings. The molecule has 0 aromatic heterocycles. The van der Waals surface area contributed by atoms with Gasteiger partial charge in [0.15, 0.2) is 0 Å². The highest BCUT2D eigenvalue weighted by Crippen LogP contribution is 2.19. The van der Waals surface area contributed by atoms with Crippen LogP contribution in [0.4, 0.5) is 8.78 Å². The van der Waals surface area contributed by atoms with Crippen LogP contribution in [0.3, 0.4) is 0 Å². The Balaban J connectivity index is 2.10. The predicted octanol–water partition coefficient (Wildman–Crippen LogP) is 3.91. The lowest BCUT2D eigenvalue weighted by atomic mass is 10.1. The summed E-state index contributed by atoms with van der Waals surface area (Å²) in [5.74, 6) is -1.14. The van der Waals surface area contributed by atoms with Crippen molar-refractivity contribution in [1.29, 1.82) is 0 Å². The molecule has 0 aliphatic rings. The van der Waals surface area contributed by atoms with Crippen molar-refractivity contribution >= 4 is 0 Å². The van der Waals surface area contributed by atoms with Crippen LogP contribution in [0, 0.1) is 11.6 Å². The Morgan fingerprint density at radius 1 is 1.05 bits per heavy atom. The second kappa shape index (κ2) is 7.47. The van der Waals surface area contributed by atoms with Crippen molar-refractivity contribution in [2.24, 2.45) is 0 Å². The van der Waals surface area contributed by atoms with Crippen LogP contribution in [0.1, 0.15) is 31.1 Å². The molecule has 1 atom stereocenters. The third-order valence-corrected chi connectivity index (χ3v) is 3.71. The van der Waals surface area contributed by atoms with Gasteiger partial charge in [-0.25, -0.2) is 8.78 Å². The van der Waals surface area contributed by atoms with Gasteiger partial charge in [0.25, 0.3) is 0 Å². The molecule has 0 aliphatic heterocycles. The lowest BCUT2D eigenvalue weighted by molar-refractivity contribution is 0.0900. The van der Waals surface area contributed by atoms with E-state index in [2.05, 4.69) is 0 Å². The number of hydrogen-bond donors (Lipinski definition) is 1. The molecule has 0 radical (unpaired) electrons. The standard InChI is InChI=1S/C18H21F2NO/c1-13(2)21(11-15-8-9-16(19)10-17(15)20)12-18(22)14-6-4-3-5-7-14/h3-10,13,18,22H,11-12H2,1-2H3. The molecule has 2 aromatic rings. The Kier molecular flexibility index (Phi) is 5.63. The Bertz CT molecular complexity index is 601. The molecule has 0 spiro atoms. The first kappa shape index (κ1) is 16.6. The second-order valence-electron chi connectivity index (χ2n) is 5.69. The Hall–Kier alpha value is -1.78.